The number of ether oxygens (including phenoxy) is 1. The van der Waals surface area contributed by atoms with Crippen LogP contribution in [0.25, 0.3) is 0 Å². The molecule has 5 nitrogen and oxygen atoms in total. The molecule has 0 amide bonds. The van der Waals surface area contributed by atoms with Crippen molar-refractivity contribution in [1.29, 1.82) is 0 Å². The summed E-state index contributed by atoms with van der Waals surface area (Å²) in [6, 6.07) is 0.775. The van der Waals surface area contributed by atoms with Crippen LogP contribution in [0.1, 0.15) is 52.9 Å². The summed E-state index contributed by atoms with van der Waals surface area (Å²) in [6.45, 7) is 9.42. The molecule has 139 valence electrons. The topological polar surface area (TPSA) is 40.2 Å². The van der Waals surface area contributed by atoms with Crippen LogP contribution in [0.15, 0.2) is 0 Å². The van der Waals surface area contributed by atoms with Crippen molar-refractivity contribution in [3.63, 3.8) is 0 Å². The monoisotopic (exact) mass is 348 g/mol. The van der Waals surface area contributed by atoms with Crippen molar-refractivity contribution in [2.75, 3.05) is 41.0 Å². The highest BCUT2D eigenvalue weighted by atomic mass is 28.4. The van der Waals surface area contributed by atoms with Crippen LogP contribution in [-0.2, 0) is 18.0 Å². The number of unbranched alkanes of at least 4 members (excludes halogenated alkanes) is 2. The molecule has 1 atom stereocenters. The number of rotatable bonds is 16. The van der Waals surface area contributed by atoms with Crippen molar-refractivity contribution < 1.29 is 18.0 Å². The maximum atomic E-state index is 6.10. The van der Waals surface area contributed by atoms with E-state index in [1.165, 1.54) is 25.7 Å². The average molecular weight is 349 g/mol. The zero-order chi connectivity index (χ0) is 17.6. The van der Waals surface area contributed by atoms with E-state index in [0.717, 1.165) is 25.6 Å². The standard InChI is InChI=1S/C17H38NO4Si/c1-7-10-13-18(14-11-8-2)17(9-3)22-15-12-16-23(19-4,20-5)21-6/h9,17H,7-8,10-16H2,1-6H3. The van der Waals surface area contributed by atoms with Gasteiger partial charge in [-0.2, -0.15) is 0 Å². The molecule has 0 fully saturated rings. The Balaban J connectivity index is 4.32. The first-order valence-corrected chi connectivity index (χ1v) is 10.9. The Morgan fingerprint density at radius 2 is 1.43 bits per heavy atom. The molecule has 0 saturated heterocycles. The predicted octanol–water partition coefficient (Wildman–Crippen LogP) is 3.72. The van der Waals surface area contributed by atoms with Gasteiger partial charge in [-0.05, 0) is 19.3 Å². The molecule has 0 aliphatic heterocycles. The van der Waals surface area contributed by atoms with Crippen LogP contribution in [0.5, 0.6) is 0 Å². The lowest BCUT2D eigenvalue weighted by Crippen LogP contribution is -2.43. The van der Waals surface area contributed by atoms with Crippen LogP contribution in [0.3, 0.4) is 0 Å². The fraction of sp³-hybridized carbons (Fsp3) is 0.941. The summed E-state index contributed by atoms with van der Waals surface area (Å²) < 4.78 is 22.4. The van der Waals surface area contributed by atoms with Gasteiger partial charge < -0.3 is 18.0 Å². The minimum atomic E-state index is -2.47. The van der Waals surface area contributed by atoms with Crippen LogP contribution in [0, 0.1) is 6.42 Å². The van der Waals surface area contributed by atoms with Gasteiger partial charge in [-0.3, -0.25) is 4.90 Å². The van der Waals surface area contributed by atoms with Gasteiger partial charge in [-0.15, -0.1) is 0 Å². The number of hydrogen-bond donors (Lipinski definition) is 0. The van der Waals surface area contributed by atoms with Crippen molar-refractivity contribution >= 4 is 8.80 Å². The van der Waals surface area contributed by atoms with Gasteiger partial charge in [0.05, 0.1) is 0 Å². The smallest absolute Gasteiger partial charge is 0.377 e. The molecule has 1 unspecified atom stereocenters. The van der Waals surface area contributed by atoms with E-state index in [1.807, 2.05) is 0 Å². The molecular formula is C17H38NO4Si. The van der Waals surface area contributed by atoms with Gasteiger partial charge in [-0.25, -0.2) is 0 Å². The lowest BCUT2D eigenvalue weighted by Gasteiger charge is -2.31. The molecule has 1 radical (unpaired) electrons. The normalized spacial score (nSPS) is 13.7. The van der Waals surface area contributed by atoms with E-state index >= 15 is 0 Å². The van der Waals surface area contributed by atoms with Crippen molar-refractivity contribution in [1.82, 2.24) is 4.90 Å². The largest absolute Gasteiger partial charge is 0.500 e. The van der Waals surface area contributed by atoms with E-state index in [9.17, 15) is 0 Å². The zero-order valence-corrected chi connectivity index (χ0v) is 17.1. The summed E-state index contributed by atoms with van der Waals surface area (Å²) in [6.07, 6.45) is 7.97. The highest BCUT2D eigenvalue weighted by Crippen LogP contribution is 2.16. The highest BCUT2D eigenvalue weighted by Gasteiger charge is 2.37. The fourth-order valence-corrected chi connectivity index (χ4v) is 4.24. The predicted molar refractivity (Wildman–Crippen MR) is 97.3 cm³/mol. The van der Waals surface area contributed by atoms with E-state index in [1.54, 1.807) is 21.3 Å². The van der Waals surface area contributed by atoms with Gasteiger partial charge in [-0.1, -0.05) is 33.6 Å². The Hall–Kier alpha value is 0.0169. The van der Waals surface area contributed by atoms with Crippen molar-refractivity contribution in [3.8, 4) is 0 Å². The Morgan fingerprint density at radius 1 is 0.913 bits per heavy atom. The molecule has 0 N–H and O–H groups in total. The summed E-state index contributed by atoms with van der Waals surface area (Å²) in [5.41, 5.74) is 0. The summed E-state index contributed by atoms with van der Waals surface area (Å²) in [4.78, 5) is 2.45. The Bertz CT molecular complexity index is 249. The van der Waals surface area contributed by atoms with Gasteiger partial charge in [0.1, 0.15) is 6.23 Å². The van der Waals surface area contributed by atoms with Gasteiger partial charge >= 0.3 is 8.80 Å². The third-order valence-electron chi connectivity index (χ3n) is 4.09. The van der Waals surface area contributed by atoms with Gasteiger partial charge in [0.2, 0.25) is 0 Å². The van der Waals surface area contributed by atoms with Crippen LogP contribution in [0.4, 0.5) is 0 Å². The first-order chi connectivity index (χ1) is 11.1. The Labute approximate surface area is 145 Å². The first kappa shape index (κ1) is 23.0. The molecule has 0 spiro atoms. The van der Waals surface area contributed by atoms with Crippen molar-refractivity contribution in [2.45, 2.75) is 65.1 Å². The molecule has 0 aromatic heterocycles. The average Bonchev–Trinajstić information content (AvgIpc) is 2.60. The van der Waals surface area contributed by atoms with Crippen LogP contribution in [-0.4, -0.2) is 61.0 Å². The van der Waals surface area contributed by atoms with E-state index in [0.29, 0.717) is 6.61 Å². The van der Waals surface area contributed by atoms with Gasteiger partial charge in [0.15, 0.2) is 0 Å². The SMILES string of the molecule is C[CH]C(OCCC[Si](OC)(OC)OC)N(CCCC)CCCC. The fourth-order valence-electron chi connectivity index (χ4n) is 2.55. The highest BCUT2D eigenvalue weighted by molar-refractivity contribution is 6.60. The minimum absolute atomic E-state index is 0.0943. The molecular weight excluding hydrogens is 310 g/mol. The first-order valence-electron chi connectivity index (χ1n) is 8.93. The molecule has 0 aliphatic rings. The quantitative estimate of drug-likeness (QED) is 0.241. The summed E-state index contributed by atoms with van der Waals surface area (Å²) in [7, 11) is 2.49. The Morgan fingerprint density at radius 3 is 1.83 bits per heavy atom. The lowest BCUT2D eigenvalue weighted by molar-refractivity contribution is -0.0399. The van der Waals surface area contributed by atoms with Gasteiger partial charge in [0.25, 0.3) is 0 Å². The molecule has 0 saturated carbocycles. The third-order valence-corrected chi connectivity index (χ3v) is 6.92. The maximum absolute atomic E-state index is 6.10. The molecule has 0 heterocycles. The van der Waals surface area contributed by atoms with Gasteiger partial charge in [0, 0.05) is 53.5 Å². The molecule has 0 bridgehead atoms. The molecule has 0 aromatic rings. The summed E-state index contributed by atoms with van der Waals surface area (Å²) >= 11 is 0. The zero-order valence-electron chi connectivity index (χ0n) is 16.1. The van der Waals surface area contributed by atoms with E-state index in [2.05, 4.69) is 32.1 Å². The van der Waals surface area contributed by atoms with E-state index in [4.69, 9.17) is 18.0 Å². The molecule has 23 heavy (non-hydrogen) atoms. The number of hydrogen-bond acceptors (Lipinski definition) is 5. The molecule has 6 heteroatoms. The summed E-state index contributed by atoms with van der Waals surface area (Å²) in [5, 5.41) is 0. The molecule has 0 aromatic carbocycles. The second-order valence-electron chi connectivity index (χ2n) is 5.74. The third kappa shape index (κ3) is 9.17. The van der Waals surface area contributed by atoms with Crippen LogP contribution in [0.2, 0.25) is 6.04 Å². The van der Waals surface area contributed by atoms with Crippen molar-refractivity contribution in [3.05, 3.63) is 6.42 Å². The lowest BCUT2D eigenvalue weighted by atomic mass is 10.2. The van der Waals surface area contributed by atoms with Crippen LogP contribution < -0.4 is 0 Å². The second-order valence-corrected chi connectivity index (χ2v) is 8.83. The van der Waals surface area contributed by atoms with E-state index in [-0.39, 0.29) is 6.23 Å². The summed E-state index contributed by atoms with van der Waals surface area (Å²) in [5.74, 6) is 0. The maximum Gasteiger partial charge on any atom is 0.500 e. The molecule has 0 aliphatic carbocycles. The van der Waals surface area contributed by atoms with Crippen molar-refractivity contribution in [2.24, 2.45) is 0 Å². The minimum Gasteiger partial charge on any atom is -0.377 e. The van der Waals surface area contributed by atoms with E-state index < -0.39 is 8.80 Å². The second kappa shape index (κ2) is 14.4. The van der Waals surface area contributed by atoms with Crippen LogP contribution >= 0.6 is 0 Å². The number of nitrogens with zero attached hydrogens (tertiary/aromatic N) is 1. The Kier molecular flexibility index (Phi) is 14.4. The molecule has 0 rings (SSSR count).